The van der Waals surface area contributed by atoms with Gasteiger partial charge in [-0.25, -0.2) is 0 Å². The van der Waals surface area contributed by atoms with Crippen molar-refractivity contribution in [3.63, 3.8) is 0 Å². The topological polar surface area (TPSA) is 146 Å². The minimum Gasteiger partial charge on any atom is -0.418 e. The van der Waals surface area contributed by atoms with E-state index in [-0.39, 0.29) is 23.9 Å². The monoisotopic (exact) mass is 696 g/mol. The van der Waals surface area contributed by atoms with E-state index in [1.165, 1.54) is 0 Å². The van der Waals surface area contributed by atoms with E-state index in [1.807, 2.05) is 70.7 Å². The molecule has 0 aromatic rings. The Bertz CT molecular complexity index is 887. The zero-order chi connectivity index (χ0) is 35.9. The molecule has 2 N–H and O–H groups in total. The van der Waals surface area contributed by atoms with Crippen LogP contribution in [0.15, 0.2) is 23.0 Å². The standard InChI is InChI=1S/C8H18O3Si.C8H16O2Si.C7H16O3Si.C7H14O2Si/c1-5-7(9)6-8(10)12(3,4)11-2;1-5-8(9)6-7-11(3,4)10-2;1-6(5-8)7(9)11(3,4)10-2;1-7(5-8)6-10(3,4)9-2/h8,10H,5-6H2,1-4H3;6-7H,5H2,1-4H3;5-7,9H,1-4H3;5-6H,1-4H3. The van der Waals surface area contributed by atoms with Gasteiger partial charge in [-0.3, -0.25) is 14.4 Å². The second-order valence-electron chi connectivity index (χ2n) is 12.4. The van der Waals surface area contributed by atoms with E-state index in [0.717, 1.165) is 18.1 Å². The normalized spacial score (nSPS) is 14.5. The molecule has 0 fully saturated rings. The summed E-state index contributed by atoms with van der Waals surface area (Å²) in [7, 11) is -0.843. The molecule has 0 aliphatic heterocycles. The van der Waals surface area contributed by atoms with Gasteiger partial charge in [-0.15, -0.1) is 0 Å². The fraction of sp³-hybridized carbons (Fsp3) is 0.733. The van der Waals surface area contributed by atoms with E-state index >= 15 is 0 Å². The van der Waals surface area contributed by atoms with Crippen LogP contribution in [-0.2, 0) is 36.9 Å². The number of aliphatic hydroxyl groups excluding tert-OH is 2. The molecular weight excluding hydrogens is 633 g/mol. The fourth-order valence-electron chi connectivity index (χ4n) is 2.69. The Kier molecular flexibility index (Phi) is 28.2. The van der Waals surface area contributed by atoms with Crippen molar-refractivity contribution < 1.29 is 47.1 Å². The number of aldehydes is 2. The van der Waals surface area contributed by atoms with Gasteiger partial charge in [0, 0.05) is 53.6 Å². The van der Waals surface area contributed by atoms with Crippen LogP contribution in [0.25, 0.3) is 0 Å². The lowest BCUT2D eigenvalue weighted by Crippen LogP contribution is -2.47. The number of ketones is 2. The Morgan fingerprint density at radius 1 is 0.750 bits per heavy atom. The van der Waals surface area contributed by atoms with Gasteiger partial charge < -0.3 is 32.7 Å². The van der Waals surface area contributed by atoms with E-state index in [2.05, 4.69) is 0 Å². The van der Waals surface area contributed by atoms with Crippen molar-refractivity contribution >= 4 is 57.4 Å². The number of carbonyl (C=O) groups is 4. The SMILES string of the molecule is CCC(=O)C=C[Si](C)(C)OC.CCC(=O)CC(O)[Si](C)(C)OC.CO[Si](C)(C)C(O)C(C)C=O.CO[Si](C)(C)C=C(C)C=O. The van der Waals surface area contributed by atoms with Crippen LogP contribution in [-0.4, -0.2) is 108 Å². The molecule has 260 valence electrons. The first-order valence-corrected chi connectivity index (χ1v) is 26.8. The molecule has 0 radical (unpaired) electrons. The molecule has 44 heavy (non-hydrogen) atoms. The zero-order valence-electron chi connectivity index (χ0n) is 30.4. The number of rotatable bonds is 16. The van der Waals surface area contributed by atoms with Crippen LogP contribution in [0.4, 0.5) is 0 Å². The van der Waals surface area contributed by atoms with Gasteiger partial charge in [-0.2, -0.15) is 0 Å². The summed E-state index contributed by atoms with van der Waals surface area (Å²) < 4.78 is 20.8. The zero-order valence-corrected chi connectivity index (χ0v) is 34.4. The molecule has 0 bridgehead atoms. The first kappa shape index (κ1) is 49.7. The van der Waals surface area contributed by atoms with Crippen LogP contribution in [0.3, 0.4) is 0 Å². The Balaban J connectivity index is -0.000000243. The van der Waals surface area contributed by atoms with Crippen molar-refractivity contribution in [2.24, 2.45) is 5.92 Å². The lowest BCUT2D eigenvalue weighted by Gasteiger charge is -2.28. The van der Waals surface area contributed by atoms with Gasteiger partial charge >= 0.3 is 0 Å². The molecule has 0 aromatic carbocycles. The van der Waals surface area contributed by atoms with Gasteiger partial charge in [0.2, 0.25) is 33.3 Å². The summed E-state index contributed by atoms with van der Waals surface area (Å²) in [6.45, 7) is 22.9. The Morgan fingerprint density at radius 3 is 1.52 bits per heavy atom. The average Bonchev–Trinajstić information content (AvgIpc) is 2.99. The van der Waals surface area contributed by atoms with Crippen molar-refractivity contribution in [1.82, 2.24) is 0 Å². The number of hydrogen-bond acceptors (Lipinski definition) is 10. The molecule has 3 atom stereocenters. The quantitative estimate of drug-likeness (QED) is 0.127. The molecule has 3 unspecified atom stereocenters. The van der Waals surface area contributed by atoms with E-state index in [9.17, 15) is 29.4 Å². The maximum absolute atomic E-state index is 11.0. The first-order chi connectivity index (χ1) is 19.9. The summed E-state index contributed by atoms with van der Waals surface area (Å²) in [5.74, 6) is -0.0561. The van der Waals surface area contributed by atoms with Crippen molar-refractivity contribution in [2.45, 2.75) is 111 Å². The van der Waals surface area contributed by atoms with E-state index in [4.69, 9.17) is 17.7 Å². The summed E-state index contributed by atoms with van der Waals surface area (Å²) in [5, 5.41) is 19.1. The van der Waals surface area contributed by atoms with Crippen LogP contribution in [0.2, 0.25) is 52.4 Å². The van der Waals surface area contributed by atoms with Crippen LogP contribution < -0.4 is 0 Å². The highest BCUT2D eigenvalue weighted by Crippen LogP contribution is 2.15. The number of aliphatic hydroxyl groups is 2. The van der Waals surface area contributed by atoms with Gasteiger partial charge in [0.25, 0.3) is 0 Å². The van der Waals surface area contributed by atoms with Crippen LogP contribution in [0.5, 0.6) is 0 Å². The molecule has 0 aliphatic rings. The summed E-state index contributed by atoms with van der Waals surface area (Å²) in [4.78, 5) is 42.4. The fourth-order valence-corrected chi connectivity index (χ4v) is 7.27. The van der Waals surface area contributed by atoms with Crippen molar-refractivity contribution in [3.8, 4) is 0 Å². The summed E-state index contributed by atoms with van der Waals surface area (Å²) >= 11 is 0. The molecule has 0 saturated heterocycles. The number of hydrogen-bond donors (Lipinski definition) is 2. The van der Waals surface area contributed by atoms with Crippen molar-refractivity contribution in [2.75, 3.05) is 28.4 Å². The Morgan fingerprint density at radius 2 is 1.20 bits per heavy atom. The predicted octanol–water partition coefficient (Wildman–Crippen LogP) is 5.11. The van der Waals surface area contributed by atoms with Crippen LogP contribution in [0.1, 0.15) is 47.0 Å². The van der Waals surface area contributed by atoms with Gasteiger partial charge in [0.15, 0.2) is 5.78 Å². The molecular formula is C30H64O10Si4. The predicted molar refractivity (Wildman–Crippen MR) is 189 cm³/mol. The first-order valence-electron chi connectivity index (χ1n) is 14.8. The number of Topliss-reactive ketones (excluding diaryl/α,β-unsaturated/α-hetero) is 1. The molecule has 0 amide bonds. The molecule has 10 nitrogen and oxygen atoms in total. The van der Waals surface area contributed by atoms with E-state index < -0.39 is 44.7 Å². The summed E-state index contributed by atoms with van der Waals surface area (Å²) in [6, 6.07) is 0. The van der Waals surface area contributed by atoms with Gasteiger partial charge in [0.1, 0.15) is 18.4 Å². The minimum absolute atomic E-state index is 0.0973. The highest BCUT2D eigenvalue weighted by atomic mass is 28.4. The second-order valence-corrected chi connectivity index (χ2v) is 28.8. The van der Waals surface area contributed by atoms with Gasteiger partial charge in [-0.05, 0) is 70.9 Å². The van der Waals surface area contributed by atoms with Crippen LogP contribution in [0, 0.1) is 5.92 Å². The van der Waals surface area contributed by atoms with Crippen LogP contribution >= 0.6 is 0 Å². The van der Waals surface area contributed by atoms with E-state index in [1.54, 1.807) is 55.3 Å². The maximum Gasteiger partial charge on any atom is 0.214 e. The largest absolute Gasteiger partial charge is 0.418 e. The molecule has 14 heteroatoms. The Labute approximate surface area is 272 Å². The van der Waals surface area contributed by atoms with Gasteiger partial charge in [0.05, 0.1) is 11.5 Å². The molecule has 0 heterocycles. The molecule has 0 aliphatic carbocycles. The Hall–Kier alpha value is -1.21. The molecule has 0 aromatic heterocycles. The van der Waals surface area contributed by atoms with Crippen molar-refractivity contribution in [3.05, 3.63) is 23.0 Å². The summed E-state index contributed by atoms with van der Waals surface area (Å²) in [5.41, 5.74) is 3.43. The minimum atomic E-state index is -2.04. The highest BCUT2D eigenvalue weighted by Gasteiger charge is 2.35. The third-order valence-corrected chi connectivity index (χ3v) is 17.0. The lowest BCUT2D eigenvalue weighted by molar-refractivity contribution is -0.120. The second kappa shape index (κ2) is 24.9. The average molecular weight is 697 g/mol. The van der Waals surface area contributed by atoms with E-state index in [0.29, 0.717) is 12.8 Å². The van der Waals surface area contributed by atoms with Gasteiger partial charge in [-0.1, -0.05) is 32.2 Å². The maximum atomic E-state index is 11.0. The lowest BCUT2D eigenvalue weighted by atomic mass is 10.2. The molecule has 0 spiro atoms. The van der Waals surface area contributed by atoms with Crippen molar-refractivity contribution in [1.29, 1.82) is 0 Å². The smallest absolute Gasteiger partial charge is 0.214 e. The third kappa shape index (κ3) is 26.0. The molecule has 0 saturated carbocycles. The third-order valence-electron chi connectivity index (χ3n) is 6.93. The number of carbonyl (C=O) groups excluding carboxylic acids is 4. The summed E-state index contributed by atoms with van der Waals surface area (Å²) in [6.07, 6.45) is 4.56. The number of allylic oxidation sites excluding steroid dienone is 2. The highest BCUT2D eigenvalue weighted by molar-refractivity contribution is 6.77. The molecule has 0 rings (SSSR count).